The topological polar surface area (TPSA) is 47.5 Å². The highest BCUT2D eigenvalue weighted by Crippen LogP contribution is 2.23. The molecule has 28 heavy (non-hydrogen) atoms. The summed E-state index contributed by atoms with van der Waals surface area (Å²) in [6.45, 7) is 1.93. The molecule has 0 amide bonds. The van der Waals surface area contributed by atoms with E-state index in [1.54, 1.807) is 36.4 Å². The van der Waals surface area contributed by atoms with Crippen LogP contribution in [0.15, 0.2) is 82.7 Å². The molecular formula is C21H18FN5S. The van der Waals surface area contributed by atoms with Crippen molar-refractivity contribution in [2.45, 2.75) is 6.92 Å². The Kier molecular flexibility index (Phi) is 4.99. The van der Waals surface area contributed by atoms with Gasteiger partial charge in [0.05, 0.1) is 17.7 Å². The van der Waals surface area contributed by atoms with Gasteiger partial charge in [0.2, 0.25) is 4.80 Å². The van der Waals surface area contributed by atoms with Crippen LogP contribution in [0.3, 0.4) is 0 Å². The monoisotopic (exact) mass is 391 g/mol. The lowest BCUT2D eigenvalue weighted by Gasteiger charge is -2.08. The predicted octanol–water partition coefficient (Wildman–Crippen LogP) is 4.34. The normalized spacial score (nSPS) is 12.5. The summed E-state index contributed by atoms with van der Waals surface area (Å²) in [5, 5.41) is 6.61. The van der Waals surface area contributed by atoms with Crippen molar-refractivity contribution in [1.29, 1.82) is 0 Å². The van der Waals surface area contributed by atoms with Gasteiger partial charge in [-0.15, -0.1) is 11.3 Å². The van der Waals surface area contributed by atoms with Gasteiger partial charge in [-0.2, -0.15) is 5.10 Å². The number of nitrogens with zero attached hydrogens (tertiary/aromatic N) is 5. The summed E-state index contributed by atoms with van der Waals surface area (Å²) in [4.78, 5) is 9.05. The van der Waals surface area contributed by atoms with Crippen molar-refractivity contribution in [3.63, 3.8) is 0 Å². The first-order valence-corrected chi connectivity index (χ1v) is 9.58. The van der Waals surface area contributed by atoms with Crippen molar-refractivity contribution < 1.29 is 4.39 Å². The zero-order valence-electron chi connectivity index (χ0n) is 15.5. The Hall–Kier alpha value is -3.32. The summed E-state index contributed by atoms with van der Waals surface area (Å²) >= 11 is 1.43. The predicted molar refractivity (Wildman–Crippen MR) is 110 cm³/mol. The van der Waals surface area contributed by atoms with Crippen molar-refractivity contribution in [3.8, 4) is 16.9 Å². The average molecular weight is 391 g/mol. The van der Waals surface area contributed by atoms with E-state index in [1.807, 2.05) is 53.4 Å². The minimum atomic E-state index is -0.283. The van der Waals surface area contributed by atoms with E-state index < -0.39 is 0 Å². The molecule has 0 unspecified atom stereocenters. The van der Waals surface area contributed by atoms with E-state index >= 15 is 0 Å². The van der Waals surface area contributed by atoms with Gasteiger partial charge in [-0.1, -0.05) is 24.3 Å². The van der Waals surface area contributed by atoms with Crippen molar-refractivity contribution in [1.82, 2.24) is 14.2 Å². The maximum Gasteiger partial charge on any atom is 0.205 e. The second kappa shape index (κ2) is 7.74. The summed E-state index contributed by atoms with van der Waals surface area (Å²) in [5.74, 6) is -0.283. The molecule has 0 spiro atoms. The smallest absolute Gasteiger partial charge is 0.205 e. The molecule has 0 saturated heterocycles. The zero-order valence-corrected chi connectivity index (χ0v) is 16.3. The second-order valence-corrected chi connectivity index (χ2v) is 6.96. The third kappa shape index (κ3) is 3.44. The lowest BCUT2D eigenvalue weighted by atomic mass is 10.1. The largest absolute Gasteiger partial charge is 0.306 e. The van der Waals surface area contributed by atoms with Crippen molar-refractivity contribution in [2.24, 2.45) is 10.1 Å². The highest BCUT2D eigenvalue weighted by atomic mass is 32.1. The number of thiazole rings is 1. The van der Waals surface area contributed by atoms with E-state index in [9.17, 15) is 4.39 Å². The van der Waals surface area contributed by atoms with Crippen molar-refractivity contribution >= 4 is 17.0 Å². The molecule has 0 bridgehead atoms. The van der Waals surface area contributed by atoms with Crippen LogP contribution < -0.4 is 4.80 Å². The molecule has 0 atom stereocenters. The lowest BCUT2D eigenvalue weighted by molar-refractivity contribution is 0.629. The van der Waals surface area contributed by atoms with Gasteiger partial charge in [0, 0.05) is 36.1 Å². The number of aromatic nitrogens is 3. The second-order valence-electron chi connectivity index (χ2n) is 6.12. The Morgan fingerprint density at radius 2 is 1.89 bits per heavy atom. The Bertz CT molecular complexity index is 1180. The molecule has 2 aromatic heterocycles. The molecular weight excluding hydrogens is 373 g/mol. The van der Waals surface area contributed by atoms with Gasteiger partial charge in [0.1, 0.15) is 5.82 Å². The first-order valence-electron chi connectivity index (χ1n) is 8.70. The minimum Gasteiger partial charge on any atom is -0.306 e. The quantitative estimate of drug-likeness (QED) is 0.477. The van der Waals surface area contributed by atoms with E-state index in [0.29, 0.717) is 16.1 Å². The molecule has 0 aliphatic heterocycles. The van der Waals surface area contributed by atoms with Crippen LogP contribution in [-0.2, 0) is 0 Å². The summed E-state index contributed by atoms with van der Waals surface area (Å²) in [6, 6.07) is 14.7. The Balaban J connectivity index is 1.74. The van der Waals surface area contributed by atoms with E-state index in [2.05, 4.69) is 9.98 Å². The highest BCUT2D eigenvalue weighted by molar-refractivity contribution is 7.07. The van der Waals surface area contributed by atoms with Crippen LogP contribution in [0.5, 0.6) is 0 Å². The maximum atomic E-state index is 14.3. The molecule has 5 nitrogen and oxygen atoms in total. The molecule has 0 fully saturated rings. The molecule has 140 valence electrons. The molecule has 0 N–H and O–H groups in total. The van der Waals surface area contributed by atoms with Crippen molar-refractivity contribution in [3.05, 3.63) is 88.8 Å². The van der Waals surface area contributed by atoms with Crippen LogP contribution in [0.1, 0.15) is 12.5 Å². The van der Waals surface area contributed by atoms with Gasteiger partial charge in [-0.05, 0) is 36.8 Å². The third-order valence-corrected chi connectivity index (χ3v) is 5.27. The lowest BCUT2D eigenvalue weighted by Crippen LogP contribution is -2.14. The first kappa shape index (κ1) is 18.1. The Morgan fingerprint density at radius 1 is 1.11 bits per heavy atom. The van der Waals surface area contributed by atoms with Gasteiger partial charge in [-0.3, -0.25) is 4.99 Å². The third-order valence-electron chi connectivity index (χ3n) is 4.36. The van der Waals surface area contributed by atoms with Crippen LogP contribution in [0, 0.1) is 5.82 Å². The van der Waals surface area contributed by atoms with E-state index in [0.717, 1.165) is 17.0 Å². The van der Waals surface area contributed by atoms with Crippen LogP contribution >= 0.6 is 11.3 Å². The number of halogens is 1. The Morgan fingerprint density at radius 3 is 2.57 bits per heavy atom. The number of hydrogen-bond acceptors (Lipinski definition) is 4. The van der Waals surface area contributed by atoms with Crippen LogP contribution in [0.2, 0.25) is 0 Å². The highest BCUT2D eigenvalue weighted by Gasteiger charge is 2.12. The minimum absolute atomic E-state index is 0.283. The fraction of sp³-hybridized carbons (Fsp3) is 0.0952. The van der Waals surface area contributed by atoms with E-state index in [1.165, 1.54) is 17.4 Å². The van der Waals surface area contributed by atoms with Crippen molar-refractivity contribution in [2.75, 3.05) is 7.05 Å². The Labute approximate surface area is 165 Å². The van der Waals surface area contributed by atoms with Gasteiger partial charge in [-0.25, -0.2) is 14.1 Å². The number of benzene rings is 2. The van der Waals surface area contributed by atoms with Crippen LogP contribution in [-0.4, -0.2) is 27.0 Å². The first-order chi connectivity index (χ1) is 13.7. The standard InChI is InChI=1S/C21H18FN5S/c1-15(16-7-9-17(10-8-16)26-12-11-24-14-26)25-27-20(13-28-21(27)23-2)18-5-3-4-6-19(18)22/h3-14H,1-2H3/b23-21?,25-15-. The SMILES string of the molecule is CN=c1scc(-c2ccccc2F)n1/N=C(/C)c1ccc(-n2ccnc2)cc1. The molecule has 2 heterocycles. The summed E-state index contributed by atoms with van der Waals surface area (Å²) in [5.41, 5.74) is 3.99. The van der Waals surface area contributed by atoms with Crippen LogP contribution in [0.4, 0.5) is 4.39 Å². The number of hydrogen-bond donors (Lipinski definition) is 0. The number of imidazole rings is 1. The molecule has 4 aromatic rings. The summed E-state index contributed by atoms with van der Waals surface area (Å²) < 4.78 is 17.9. The molecule has 2 aromatic carbocycles. The van der Waals surface area contributed by atoms with Gasteiger partial charge < -0.3 is 4.57 Å². The summed E-state index contributed by atoms with van der Waals surface area (Å²) in [7, 11) is 1.71. The van der Waals surface area contributed by atoms with Gasteiger partial charge in [0.15, 0.2) is 0 Å². The maximum absolute atomic E-state index is 14.3. The summed E-state index contributed by atoms with van der Waals surface area (Å²) in [6.07, 6.45) is 5.40. The molecule has 0 aliphatic rings. The molecule has 0 aliphatic carbocycles. The molecule has 7 heteroatoms. The average Bonchev–Trinajstić information content (AvgIpc) is 3.39. The van der Waals surface area contributed by atoms with Crippen LogP contribution in [0.25, 0.3) is 16.9 Å². The number of rotatable bonds is 4. The van der Waals surface area contributed by atoms with E-state index in [4.69, 9.17) is 5.10 Å². The molecule has 4 rings (SSSR count). The fourth-order valence-corrected chi connectivity index (χ4v) is 3.68. The zero-order chi connectivity index (χ0) is 19.5. The molecule has 0 saturated carbocycles. The van der Waals surface area contributed by atoms with Gasteiger partial charge in [0.25, 0.3) is 0 Å². The fourth-order valence-electron chi connectivity index (χ4n) is 2.90. The van der Waals surface area contributed by atoms with Gasteiger partial charge >= 0.3 is 0 Å². The van der Waals surface area contributed by atoms with E-state index in [-0.39, 0.29) is 5.82 Å². The molecule has 0 radical (unpaired) electrons.